The summed E-state index contributed by atoms with van der Waals surface area (Å²) < 4.78 is 0. The summed E-state index contributed by atoms with van der Waals surface area (Å²) in [6.07, 6.45) is 8.59. The van der Waals surface area contributed by atoms with E-state index in [-0.39, 0.29) is 0 Å². The number of H-pyrrole nitrogens is 1. The number of nitrogens with two attached hydrogens (primary N) is 1. The lowest BCUT2D eigenvalue weighted by molar-refractivity contribution is 0.516. The Balaban J connectivity index is 1.85. The highest BCUT2D eigenvalue weighted by Gasteiger charge is 2.16. The number of nitrogens with one attached hydrogen (secondary N) is 1. The lowest BCUT2D eigenvalue weighted by atomic mass is 10.0. The number of fused-ring (bicyclic) bond motifs is 1. The Hall–Kier alpha value is -1.16. The summed E-state index contributed by atoms with van der Waals surface area (Å²) in [6.45, 7) is 0. The first-order chi connectivity index (χ1) is 8.33. The van der Waals surface area contributed by atoms with Gasteiger partial charge in [-0.05, 0) is 25.0 Å². The number of thioether (sulfide) groups is 1. The molecular formula is C13H17N3S. The van der Waals surface area contributed by atoms with Crippen LogP contribution in [0.2, 0.25) is 0 Å². The lowest BCUT2D eigenvalue weighted by Gasteiger charge is -2.21. The summed E-state index contributed by atoms with van der Waals surface area (Å²) in [5.74, 6) is 0. The Morgan fingerprint density at radius 1 is 1.24 bits per heavy atom. The largest absolute Gasteiger partial charge is 0.398 e. The van der Waals surface area contributed by atoms with Crippen LogP contribution in [-0.4, -0.2) is 15.4 Å². The number of aromatic amines is 1. The van der Waals surface area contributed by atoms with Crippen LogP contribution in [0.4, 0.5) is 5.69 Å². The summed E-state index contributed by atoms with van der Waals surface area (Å²) in [6, 6.07) is 4.15. The minimum Gasteiger partial charge on any atom is -0.398 e. The van der Waals surface area contributed by atoms with Gasteiger partial charge in [0.15, 0.2) is 0 Å². The maximum atomic E-state index is 6.10. The minimum absolute atomic E-state index is 0.742. The first kappa shape index (κ1) is 11.0. The molecule has 1 fully saturated rings. The highest BCUT2D eigenvalue weighted by Crippen LogP contribution is 2.37. The maximum Gasteiger partial charge on any atom is 0.0662 e. The lowest BCUT2D eigenvalue weighted by Crippen LogP contribution is -2.08. The SMILES string of the molecule is Nc1cc2cn[nH]c2cc1SC1CCCCC1. The Morgan fingerprint density at radius 2 is 2.06 bits per heavy atom. The van der Waals surface area contributed by atoms with E-state index in [0.29, 0.717) is 0 Å². The van der Waals surface area contributed by atoms with E-state index in [1.807, 2.05) is 24.0 Å². The molecule has 1 aromatic carbocycles. The van der Waals surface area contributed by atoms with E-state index < -0.39 is 0 Å². The van der Waals surface area contributed by atoms with Crippen LogP contribution in [0.25, 0.3) is 10.9 Å². The van der Waals surface area contributed by atoms with Crippen LogP contribution in [0.15, 0.2) is 23.2 Å². The molecule has 1 aliphatic carbocycles. The third-order valence-electron chi connectivity index (χ3n) is 3.42. The van der Waals surface area contributed by atoms with Crippen LogP contribution < -0.4 is 5.73 Å². The standard InChI is InChI=1S/C13H17N3S/c14-11-6-9-8-15-16-12(9)7-13(11)17-10-4-2-1-3-5-10/h6-8,10H,1-5,14H2,(H,15,16). The fourth-order valence-electron chi connectivity index (χ4n) is 2.45. The molecule has 90 valence electrons. The van der Waals surface area contributed by atoms with Crippen molar-refractivity contribution in [1.29, 1.82) is 0 Å². The van der Waals surface area contributed by atoms with Crippen LogP contribution in [0.1, 0.15) is 32.1 Å². The second kappa shape index (κ2) is 4.61. The van der Waals surface area contributed by atoms with Gasteiger partial charge in [-0.25, -0.2) is 0 Å². The first-order valence-electron chi connectivity index (χ1n) is 6.22. The summed E-state index contributed by atoms with van der Waals surface area (Å²) in [5.41, 5.74) is 8.07. The van der Waals surface area contributed by atoms with E-state index in [4.69, 9.17) is 5.73 Å². The van der Waals surface area contributed by atoms with Gasteiger partial charge in [0.25, 0.3) is 0 Å². The van der Waals surface area contributed by atoms with Crippen molar-refractivity contribution in [2.75, 3.05) is 5.73 Å². The summed E-state index contributed by atoms with van der Waals surface area (Å²) in [4.78, 5) is 1.20. The molecule has 3 N–H and O–H groups in total. The van der Waals surface area contributed by atoms with E-state index in [1.165, 1.54) is 37.0 Å². The molecule has 1 aliphatic rings. The van der Waals surface area contributed by atoms with Crippen LogP contribution >= 0.6 is 11.8 Å². The monoisotopic (exact) mass is 247 g/mol. The molecule has 3 rings (SSSR count). The summed E-state index contributed by atoms with van der Waals surface area (Å²) in [5, 5.41) is 8.88. The second-order valence-electron chi connectivity index (χ2n) is 4.73. The van der Waals surface area contributed by atoms with Gasteiger partial charge >= 0.3 is 0 Å². The van der Waals surface area contributed by atoms with Crippen molar-refractivity contribution in [3.05, 3.63) is 18.3 Å². The Kier molecular flexibility index (Phi) is 2.97. The third-order valence-corrected chi connectivity index (χ3v) is 4.83. The number of nitrogens with zero attached hydrogens (tertiary/aromatic N) is 1. The average Bonchev–Trinajstić information content (AvgIpc) is 2.78. The van der Waals surface area contributed by atoms with Gasteiger partial charge in [-0.3, -0.25) is 5.10 Å². The molecule has 0 amide bonds. The number of nitrogen functional groups attached to an aromatic ring is 1. The number of hydrogen-bond donors (Lipinski definition) is 2. The van der Waals surface area contributed by atoms with Crippen LogP contribution in [0, 0.1) is 0 Å². The van der Waals surface area contributed by atoms with E-state index in [2.05, 4.69) is 16.3 Å². The Morgan fingerprint density at radius 3 is 2.88 bits per heavy atom. The van der Waals surface area contributed by atoms with Crippen molar-refractivity contribution in [3.63, 3.8) is 0 Å². The second-order valence-corrected chi connectivity index (χ2v) is 6.07. The van der Waals surface area contributed by atoms with Gasteiger partial charge in [-0.2, -0.15) is 5.10 Å². The molecule has 0 unspecified atom stereocenters. The van der Waals surface area contributed by atoms with E-state index in [0.717, 1.165) is 21.8 Å². The molecular weight excluding hydrogens is 230 g/mol. The van der Waals surface area contributed by atoms with Gasteiger partial charge in [0.1, 0.15) is 0 Å². The summed E-state index contributed by atoms with van der Waals surface area (Å²) in [7, 11) is 0. The molecule has 0 atom stereocenters. The topological polar surface area (TPSA) is 54.7 Å². The van der Waals surface area contributed by atoms with Crippen molar-refractivity contribution in [3.8, 4) is 0 Å². The van der Waals surface area contributed by atoms with Crippen molar-refractivity contribution in [2.45, 2.75) is 42.2 Å². The highest BCUT2D eigenvalue weighted by atomic mass is 32.2. The maximum absolute atomic E-state index is 6.10. The Bertz CT molecular complexity index is 514. The molecule has 2 aromatic rings. The molecule has 4 heteroatoms. The van der Waals surface area contributed by atoms with Gasteiger partial charge in [-0.1, -0.05) is 19.3 Å². The average molecular weight is 247 g/mol. The zero-order valence-electron chi connectivity index (χ0n) is 9.78. The highest BCUT2D eigenvalue weighted by molar-refractivity contribution is 8.00. The van der Waals surface area contributed by atoms with Gasteiger partial charge < -0.3 is 5.73 Å². The van der Waals surface area contributed by atoms with Crippen molar-refractivity contribution in [1.82, 2.24) is 10.2 Å². The predicted molar refractivity (Wildman–Crippen MR) is 73.2 cm³/mol. The van der Waals surface area contributed by atoms with E-state index in [1.54, 1.807) is 0 Å². The van der Waals surface area contributed by atoms with Crippen molar-refractivity contribution < 1.29 is 0 Å². The number of anilines is 1. The first-order valence-corrected chi connectivity index (χ1v) is 7.10. The number of benzene rings is 1. The molecule has 0 radical (unpaired) electrons. The van der Waals surface area contributed by atoms with Gasteiger partial charge in [0.2, 0.25) is 0 Å². The molecule has 0 saturated heterocycles. The van der Waals surface area contributed by atoms with Gasteiger partial charge in [-0.15, -0.1) is 11.8 Å². The van der Waals surface area contributed by atoms with Crippen molar-refractivity contribution in [2.24, 2.45) is 0 Å². The van der Waals surface area contributed by atoms with Gasteiger partial charge in [0, 0.05) is 21.2 Å². The van der Waals surface area contributed by atoms with E-state index in [9.17, 15) is 0 Å². The zero-order valence-corrected chi connectivity index (χ0v) is 10.6. The molecule has 1 heterocycles. The molecule has 3 nitrogen and oxygen atoms in total. The molecule has 0 aliphatic heterocycles. The predicted octanol–water partition coefficient (Wildman–Crippen LogP) is 3.57. The number of rotatable bonds is 2. The smallest absolute Gasteiger partial charge is 0.0662 e. The normalized spacial score (nSPS) is 17.6. The molecule has 0 bridgehead atoms. The number of aromatic nitrogens is 2. The third kappa shape index (κ3) is 2.27. The van der Waals surface area contributed by atoms with Gasteiger partial charge in [0.05, 0.1) is 11.7 Å². The fraction of sp³-hybridized carbons (Fsp3) is 0.462. The number of hydrogen-bond acceptors (Lipinski definition) is 3. The fourth-order valence-corrected chi connectivity index (χ4v) is 3.76. The minimum atomic E-state index is 0.742. The van der Waals surface area contributed by atoms with Crippen LogP contribution in [0.5, 0.6) is 0 Å². The quantitative estimate of drug-likeness (QED) is 0.798. The van der Waals surface area contributed by atoms with Crippen molar-refractivity contribution >= 4 is 28.4 Å². The van der Waals surface area contributed by atoms with Crippen LogP contribution in [0.3, 0.4) is 0 Å². The zero-order chi connectivity index (χ0) is 11.7. The summed E-state index contributed by atoms with van der Waals surface area (Å²) >= 11 is 1.94. The Labute approximate surface area is 105 Å². The molecule has 1 aromatic heterocycles. The molecule has 0 spiro atoms. The van der Waals surface area contributed by atoms with Crippen LogP contribution in [-0.2, 0) is 0 Å². The molecule has 17 heavy (non-hydrogen) atoms. The van der Waals surface area contributed by atoms with E-state index >= 15 is 0 Å². The molecule has 1 saturated carbocycles.